The number of benzene rings is 1. The number of hydrogen-bond acceptors (Lipinski definition) is 4. The first-order chi connectivity index (χ1) is 7.81. The molecule has 0 aromatic heterocycles. The summed E-state index contributed by atoms with van der Waals surface area (Å²) in [5.74, 6) is 2.83. The molecule has 0 saturated carbocycles. The minimum atomic E-state index is -0.0501. The summed E-state index contributed by atoms with van der Waals surface area (Å²) in [5.41, 5.74) is 0.722. The first kappa shape index (κ1) is 11.5. The molecule has 0 radical (unpaired) electrons. The molecule has 2 rings (SSSR count). The van der Waals surface area contributed by atoms with E-state index in [1.807, 2.05) is 30.0 Å². The predicted molar refractivity (Wildman–Crippen MR) is 66.4 cm³/mol. The van der Waals surface area contributed by atoms with Crippen molar-refractivity contribution in [3.05, 3.63) is 29.8 Å². The zero-order valence-electron chi connectivity index (χ0n) is 9.23. The summed E-state index contributed by atoms with van der Waals surface area (Å²) < 4.78 is 5.11. The molecule has 0 bridgehead atoms. The van der Waals surface area contributed by atoms with Crippen LogP contribution in [-0.4, -0.2) is 37.0 Å². The smallest absolute Gasteiger partial charge is 0.180 e. The molecule has 3 nitrogen and oxygen atoms in total. The van der Waals surface area contributed by atoms with Crippen LogP contribution in [0.5, 0.6) is 5.75 Å². The van der Waals surface area contributed by atoms with Crippen LogP contribution in [0.15, 0.2) is 24.3 Å². The van der Waals surface area contributed by atoms with E-state index in [-0.39, 0.29) is 11.8 Å². The summed E-state index contributed by atoms with van der Waals surface area (Å²) in [7, 11) is 1.61. The molecule has 1 aromatic rings. The molecule has 1 aromatic carbocycles. The largest absolute Gasteiger partial charge is 0.497 e. The number of rotatable bonds is 3. The number of Topliss-reactive ketones (excluding diaryl/α,β-unsaturated/α-hetero) is 1. The molecule has 1 N–H and O–H groups in total. The summed E-state index contributed by atoms with van der Waals surface area (Å²) in [6, 6.07) is 7.28. The number of hydrogen-bond donors (Lipinski definition) is 1. The van der Waals surface area contributed by atoms with E-state index in [4.69, 9.17) is 4.74 Å². The number of ether oxygens (including phenoxy) is 1. The lowest BCUT2D eigenvalue weighted by Crippen LogP contribution is -2.43. The quantitative estimate of drug-likeness (QED) is 0.810. The van der Waals surface area contributed by atoms with E-state index in [0.29, 0.717) is 0 Å². The second-order valence-electron chi connectivity index (χ2n) is 3.68. The van der Waals surface area contributed by atoms with Gasteiger partial charge in [-0.25, -0.2) is 0 Å². The zero-order valence-corrected chi connectivity index (χ0v) is 10.0. The van der Waals surface area contributed by atoms with Crippen LogP contribution in [0.3, 0.4) is 0 Å². The highest BCUT2D eigenvalue weighted by atomic mass is 32.2. The number of ketones is 1. The molecule has 86 valence electrons. The molecule has 0 aliphatic carbocycles. The first-order valence-electron chi connectivity index (χ1n) is 5.30. The third-order valence-corrected chi connectivity index (χ3v) is 3.65. The minimum absolute atomic E-state index is 0.0501. The van der Waals surface area contributed by atoms with Gasteiger partial charge in [0.05, 0.1) is 13.2 Å². The van der Waals surface area contributed by atoms with Gasteiger partial charge in [0.1, 0.15) is 5.75 Å². The lowest BCUT2D eigenvalue weighted by molar-refractivity contribution is 0.0952. The van der Waals surface area contributed by atoms with Gasteiger partial charge in [-0.15, -0.1) is 0 Å². The van der Waals surface area contributed by atoms with Crippen LogP contribution in [0.4, 0.5) is 0 Å². The van der Waals surface area contributed by atoms with Crippen molar-refractivity contribution in [3.63, 3.8) is 0 Å². The standard InChI is InChI=1S/C12H15NO2S/c1-15-10-4-2-3-9(7-10)12(14)11-8-16-6-5-13-11/h2-4,7,11,13H,5-6,8H2,1H3. The Morgan fingerprint density at radius 1 is 1.56 bits per heavy atom. The topological polar surface area (TPSA) is 38.3 Å². The molecule has 1 unspecified atom stereocenters. The Morgan fingerprint density at radius 2 is 2.44 bits per heavy atom. The fraction of sp³-hybridized carbons (Fsp3) is 0.417. The summed E-state index contributed by atoms with van der Waals surface area (Å²) in [4.78, 5) is 12.1. The second kappa shape index (κ2) is 5.37. The molecular weight excluding hydrogens is 222 g/mol. The van der Waals surface area contributed by atoms with Gasteiger partial charge in [-0.1, -0.05) is 12.1 Å². The maximum absolute atomic E-state index is 12.1. The highest BCUT2D eigenvalue weighted by Gasteiger charge is 2.22. The Kier molecular flexibility index (Phi) is 3.85. The van der Waals surface area contributed by atoms with Crippen LogP contribution >= 0.6 is 11.8 Å². The van der Waals surface area contributed by atoms with E-state index in [9.17, 15) is 4.79 Å². The van der Waals surface area contributed by atoms with Crippen molar-refractivity contribution in [2.45, 2.75) is 6.04 Å². The Balaban J connectivity index is 2.12. The van der Waals surface area contributed by atoms with Gasteiger partial charge < -0.3 is 10.1 Å². The van der Waals surface area contributed by atoms with Gasteiger partial charge in [-0.05, 0) is 12.1 Å². The van der Waals surface area contributed by atoms with Gasteiger partial charge in [0.15, 0.2) is 5.78 Å². The maximum atomic E-state index is 12.1. The molecule has 16 heavy (non-hydrogen) atoms. The number of carbonyl (C=O) groups is 1. The average Bonchev–Trinajstić information content (AvgIpc) is 2.39. The lowest BCUT2D eigenvalue weighted by atomic mass is 10.1. The van der Waals surface area contributed by atoms with E-state index in [2.05, 4.69) is 5.32 Å². The second-order valence-corrected chi connectivity index (χ2v) is 4.83. The normalized spacial score (nSPS) is 20.4. The van der Waals surface area contributed by atoms with Gasteiger partial charge in [-0.2, -0.15) is 11.8 Å². The Labute approximate surface area is 99.6 Å². The van der Waals surface area contributed by atoms with Crippen molar-refractivity contribution in [1.82, 2.24) is 5.32 Å². The Morgan fingerprint density at radius 3 is 3.12 bits per heavy atom. The van der Waals surface area contributed by atoms with Crippen LogP contribution in [0.25, 0.3) is 0 Å². The summed E-state index contributed by atoms with van der Waals surface area (Å²) in [5, 5.41) is 3.24. The minimum Gasteiger partial charge on any atom is -0.497 e. The predicted octanol–water partition coefficient (Wildman–Crippen LogP) is 1.58. The third-order valence-electron chi connectivity index (χ3n) is 2.59. The van der Waals surface area contributed by atoms with Crippen LogP contribution in [0.2, 0.25) is 0 Å². The maximum Gasteiger partial charge on any atom is 0.180 e. The summed E-state index contributed by atoms with van der Waals surface area (Å²) >= 11 is 1.82. The van der Waals surface area contributed by atoms with Crippen molar-refractivity contribution in [2.75, 3.05) is 25.2 Å². The molecule has 1 fully saturated rings. The molecule has 0 amide bonds. The third kappa shape index (κ3) is 2.57. The molecule has 0 spiro atoms. The van der Waals surface area contributed by atoms with Crippen LogP contribution in [0.1, 0.15) is 10.4 Å². The highest BCUT2D eigenvalue weighted by molar-refractivity contribution is 7.99. The SMILES string of the molecule is COc1cccc(C(=O)C2CSCCN2)c1. The lowest BCUT2D eigenvalue weighted by Gasteiger charge is -2.21. The van der Waals surface area contributed by atoms with E-state index in [0.717, 1.165) is 29.4 Å². The molecule has 1 atom stereocenters. The summed E-state index contributed by atoms with van der Waals surface area (Å²) in [6.07, 6.45) is 0. The number of methoxy groups -OCH3 is 1. The Bertz CT molecular complexity index is 375. The first-order valence-corrected chi connectivity index (χ1v) is 6.46. The Hall–Kier alpha value is -1.00. The highest BCUT2D eigenvalue weighted by Crippen LogP contribution is 2.17. The molecule has 4 heteroatoms. The monoisotopic (exact) mass is 237 g/mol. The molecule has 1 aliphatic heterocycles. The van der Waals surface area contributed by atoms with E-state index < -0.39 is 0 Å². The average molecular weight is 237 g/mol. The van der Waals surface area contributed by atoms with Gasteiger partial charge in [0.2, 0.25) is 0 Å². The van der Waals surface area contributed by atoms with Crippen molar-refractivity contribution >= 4 is 17.5 Å². The fourth-order valence-corrected chi connectivity index (χ4v) is 2.65. The van der Waals surface area contributed by atoms with Gasteiger partial charge >= 0.3 is 0 Å². The fourth-order valence-electron chi connectivity index (χ4n) is 1.71. The van der Waals surface area contributed by atoms with Crippen molar-refractivity contribution in [2.24, 2.45) is 0 Å². The zero-order chi connectivity index (χ0) is 11.4. The molecule has 1 aliphatic rings. The van der Waals surface area contributed by atoms with Crippen molar-refractivity contribution in [3.8, 4) is 5.75 Å². The van der Waals surface area contributed by atoms with Crippen molar-refractivity contribution < 1.29 is 9.53 Å². The molecular formula is C12H15NO2S. The van der Waals surface area contributed by atoms with E-state index >= 15 is 0 Å². The number of thioether (sulfide) groups is 1. The summed E-state index contributed by atoms with van der Waals surface area (Å²) in [6.45, 7) is 0.908. The van der Waals surface area contributed by atoms with Crippen LogP contribution in [0, 0.1) is 0 Å². The number of carbonyl (C=O) groups excluding carboxylic acids is 1. The molecule has 1 heterocycles. The molecule has 1 saturated heterocycles. The van der Waals surface area contributed by atoms with Crippen LogP contribution in [-0.2, 0) is 0 Å². The van der Waals surface area contributed by atoms with Gasteiger partial charge in [-0.3, -0.25) is 4.79 Å². The van der Waals surface area contributed by atoms with Gasteiger partial charge in [0, 0.05) is 23.6 Å². The van der Waals surface area contributed by atoms with E-state index in [1.165, 1.54) is 0 Å². The van der Waals surface area contributed by atoms with E-state index in [1.54, 1.807) is 13.2 Å². The van der Waals surface area contributed by atoms with Gasteiger partial charge in [0.25, 0.3) is 0 Å². The number of nitrogens with one attached hydrogen (secondary N) is 1. The van der Waals surface area contributed by atoms with Crippen molar-refractivity contribution in [1.29, 1.82) is 0 Å². The van der Waals surface area contributed by atoms with Crippen LogP contribution < -0.4 is 10.1 Å².